The van der Waals surface area contributed by atoms with Gasteiger partial charge in [-0.2, -0.15) is 4.37 Å². The van der Waals surface area contributed by atoms with Gasteiger partial charge in [0.05, 0.1) is 11.0 Å². The first-order valence-electron chi connectivity index (χ1n) is 3.86. The minimum atomic E-state index is -0.363. The van der Waals surface area contributed by atoms with Gasteiger partial charge in [-0.15, -0.1) is 11.8 Å². The number of nitrogens with two attached hydrogens (primary N) is 1. The fourth-order valence-corrected chi connectivity index (χ4v) is 2.39. The molecule has 74 valence electrons. The first-order chi connectivity index (χ1) is 6.15. The maximum atomic E-state index is 9.07. The third-order valence-electron chi connectivity index (χ3n) is 1.44. The number of aromatic nitrogens is 1. The van der Waals surface area contributed by atoms with Crippen molar-refractivity contribution in [1.82, 2.24) is 4.37 Å². The van der Waals surface area contributed by atoms with E-state index >= 15 is 0 Å². The third-order valence-corrected chi connectivity index (χ3v) is 3.21. The Morgan fingerprint density at radius 1 is 1.77 bits per heavy atom. The van der Waals surface area contributed by atoms with Gasteiger partial charge in [0.15, 0.2) is 5.82 Å². The molecule has 1 aromatic rings. The summed E-state index contributed by atoms with van der Waals surface area (Å²) in [5.74, 6) is 0.561. The Morgan fingerprint density at radius 2 is 2.46 bits per heavy atom. The molecule has 1 aromatic heterocycles. The summed E-state index contributed by atoms with van der Waals surface area (Å²) in [4.78, 5) is 0.964. The summed E-state index contributed by atoms with van der Waals surface area (Å²) in [5, 5.41) is 13.1. The Balaban J connectivity index is 2.65. The molecule has 0 aromatic carbocycles. The predicted molar refractivity (Wildman–Crippen MR) is 58.5 cm³/mol. The molecule has 0 fully saturated rings. The van der Waals surface area contributed by atoms with Crippen molar-refractivity contribution in [3.8, 4) is 0 Å². The number of aliphatic hydroxyl groups is 1. The predicted octanol–water partition coefficient (Wildman–Crippen LogP) is 1.24. The van der Waals surface area contributed by atoms with Crippen LogP contribution < -0.4 is 11.1 Å². The van der Waals surface area contributed by atoms with Gasteiger partial charge in [0.25, 0.3) is 0 Å². The topological polar surface area (TPSA) is 71.2 Å². The van der Waals surface area contributed by atoms with Gasteiger partial charge in [0.1, 0.15) is 5.00 Å². The summed E-state index contributed by atoms with van der Waals surface area (Å²) in [6.45, 7) is 2.26. The molecule has 0 bridgehead atoms. The molecule has 1 rings (SSSR count). The second-order valence-corrected chi connectivity index (χ2v) is 4.25. The lowest BCUT2D eigenvalue weighted by molar-refractivity contribution is 0.208. The lowest BCUT2D eigenvalue weighted by Gasteiger charge is -2.06. The van der Waals surface area contributed by atoms with Gasteiger partial charge >= 0.3 is 0 Å². The molecule has 1 atom stereocenters. The van der Waals surface area contributed by atoms with Gasteiger partial charge in [-0.1, -0.05) is 0 Å². The Bertz CT molecular complexity index is 275. The molecule has 0 saturated carbocycles. The number of nitrogen functional groups attached to an aromatic ring is 1. The maximum Gasteiger partial charge on any atom is 0.153 e. The minimum absolute atomic E-state index is 0.363. The molecule has 0 aliphatic rings. The zero-order chi connectivity index (χ0) is 9.84. The fourth-order valence-electron chi connectivity index (χ4n) is 0.844. The number of thioether (sulfide) groups is 1. The van der Waals surface area contributed by atoms with Crippen LogP contribution in [0.25, 0.3) is 0 Å². The molecule has 6 heteroatoms. The highest BCUT2D eigenvalue weighted by Crippen LogP contribution is 2.34. The van der Waals surface area contributed by atoms with Crippen molar-refractivity contribution in [1.29, 1.82) is 0 Å². The summed E-state index contributed by atoms with van der Waals surface area (Å²) in [7, 11) is 0. The van der Waals surface area contributed by atoms with E-state index in [0.717, 1.165) is 9.90 Å². The van der Waals surface area contributed by atoms with Crippen LogP contribution in [0.1, 0.15) is 6.92 Å². The zero-order valence-corrected chi connectivity index (χ0v) is 9.21. The molecule has 0 amide bonds. The summed E-state index contributed by atoms with van der Waals surface area (Å²) >= 11 is 2.88. The highest BCUT2D eigenvalue weighted by Gasteiger charge is 2.09. The van der Waals surface area contributed by atoms with Crippen LogP contribution in [-0.2, 0) is 0 Å². The Morgan fingerprint density at radius 3 is 3.00 bits per heavy atom. The normalized spacial score (nSPS) is 12.8. The number of anilines is 2. The molecule has 0 saturated heterocycles. The summed E-state index contributed by atoms with van der Waals surface area (Å²) in [6.07, 6.45) is 1.59. The van der Waals surface area contributed by atoms with Crippen LogP contribution in [0.15, 0.2) is 4.90 Å². The molecular formula is C7H13N3OS2. The van der Waals surface area contributed by atoms with Gasteiger partial charge in [-0.3, -0.25) is 0 Å². The lowest BCUT2D eigenvalue weighted by Crippen LogP contribution is -2.14. The van der Waals surface area contributed by atoms with E-state index in [1.54, 1.807) is 18.7 Å². The number of aliphatic hydroxyl groups excluding tert-OH is 1. The molecule has 1 heterocycles. The van der Waals surface area contributed by atoms with Crippen molar-refractivity contribution >= 4 is 34.1 Å². The molecule has 4 N–H and O–H groups in total. The van der Waals surface area contributed by atoms with Crippen molar-refractivity contribution in [3.05, 3.63) is 0 Å². The van der Waals surface area contributed by atoms with E-state index in [0.29, 0.717) is 12.4 Å². The largest absolute Gasteiger partial charge is 0.392 e. The van der Waals surface area contributed by atoms with E-state index in [1.807, 2.05) is 6.26 Å². The van der Waals surface area contributed by atoms with Crippen LogP contribution in [-0.4, -0.2) is 28.4 Å². The number of nitrogens with one attached hydrogen (secondary N) is 1. The molecule has 4 nitrogen and oxygen atoms in total. The van der Waals surface area contributed by atoms with Gasteiger partial charge < -0.3 is 16.2 Å². The fraction of sp³-hybridized carbons (Fsp3) is 0.571. The molecule has 0 radical (unpaired) electrons. The molecule has 1 unspecified atom stereocenters. The molecular weight excluding hydrogens is 206 g/mol. The standard InChI is InChI=1S/C7H13N3OS2/c1-4(11)3-9-7-5(12-2)6(8)10-13-7/h4,9,11H,3H2,1-2H3,(H2,8,10). The summed E-state index contributed by atoms with van der Waals surface area (Å²) in [5.41, 5.74) is 5.63. The van der Waals surface area contributed by atoms with Crippen molar-refractivity contribution in [3.63, 3.8) is 0 Å². The van der Waals surface area contributed by atoms with E-state index in [2.05, 4.69) is 9.69 Å². The van der Waals surface area contributed by atoms with Gasteiger partial charge in [0, 0.05) is 6.54 Å². The van der Waals surface area contributed by atoms with Gasteiger partial charge in [-0.25, -0.2) is 0 Å². The highest BCUT2D eigenvalue weighted by molar-refractivity contribution is 7.99. The highest BCUT2D eigenvalue weighted by atomic mass is 32.2. The smallest absolute Gasteiger partial charge is 0.153 e. The van der Waals surface area contributed by atoms with Crippen molar-refractivity contribution < 1.29 is 5.11 Å². The number of hydrogen-bond donors (Lipinski definition) is 3. The van der Waals surface area contributed by atoms with Crippen molar-refractivity contribution in [2.24, 2.45) is 0 Å². The van der Waals surface area contributed by atoms with E-state index in [9.17, 15) is 0 Å². The van der Waals surface area contributed by atoms with Gasteiger partial charge in [-0.05, 0) is 24.7 Å². The second kappa shape index (κ2) is 4.69. The third kappa shape index (κ3) is 2.75. The van der Waals surface area contributed by atoms with Crippen LogP contribution in [0.2, 0.25) is 0 Å². The van der Waals surface area contributed by atoms with E-state index in [4.69, 9.17) is 10.8 Å². The maximum absolute atomic E-state index is 9.07. The quantitative estimate of drug-likeness (QED) is 0.665. The van der Waals surface area contributed by atoms with Crippen molar-refractivity contribution in [2.75, 3.05) is 23.9 Å². The van der Waals surface area contributed by atoms with Crippen molar-refractivity contribution in [2.45, 2.75) is 17.9 Å². The number of rotatable bonds is 4. The Labute approximate surface area is 85.7 Å². The molecule has 0 aliphatic carbocycles. The lowest BCUT2D eigenvalue weighted by atomic mass is 10.4. The Kier molecular flexibility index (Phi) is 3.83. The summed E-state index contributed by atoms with van der Waals surface area (Å²) < 4.78 is 4.02. The van der Waals surface area contributed by atoms with E-state index < -0.39 is 0 Å². The average molecular weight is 219 g/mol. The molecule has 0 spiro atoms. The first kappa shape index (κ1) is 10.6. The number of hydrogen-bond acceptors (Lipinski definition) is 6. The summed E-state index contributed by atoms with van der Waals surface area (Å²) in [6, 6.07) is 0. The zero-order valence-electron chi connectivity index (χ0n) is 7.57. The van der Waals surface area contributed by atoms with Crippen LogP contribution in [0, 0.1) is 0 Å². The van der Waals surface area contributed by atoms with E-state index in [-0.39, 0.29) is 6.10 Å². The van der Waals surface area contributed by atoms with Crippen LogP contribution in [0.5, 0.6) is 0 Å². The second-order valence-electron chi connectivity index (χ2n) is 2.66. The van der Waals surface area contributed by atoms with Crippen LogP contribution in [0.3, 0.4) is 0 Å². The SMILES string of the molecule is CSc1c(N)nsc1NCC(C)O. The molecule has 0 aliphatic heterocycles. The first-order valence-corrected chi connectivity index (χ1v) is 5.86. The van der Waals surface area contributed by atoms with E-state index in [1.165, 1.54) is 11.5 Å². The van der Waals surface area contributed by atoms with Crippen LogP contribution >= 0.6 is 23.3 Å². The number of nitrogens with zero attached hydrogens (tertiary/aromatic N) is 1. The Hall–Kier alpha value is -0.460. The van der Waals surface area contributed by atoms with Crippen LogP contribution in [0.4, 0.5) is 10.8 Å². The minimum Gasteiger partial charge on any atom is -0.392 e. The molecule has 13 heavy (non-hydrogen) atoms. The monoisotopic (exact) mass is 219 g/mol. The van der Waals surface area contributed by atoms with Gasteiger partial charge in [0.2, 0.25) is 0 Å². The average Bonchev–Trinajstić information content (AvgIpc) is 2.42.